The van der Waals surface area contributed by atoms with Crippen LogP contribution in [0.25, 0.3) is 0 Å². The van der Waals surface area contributed by atoms with E-state index in [4.69, 9.17) is 9.47 Å². The van der Waals surface area contributed by atoms with Crippen molar-refractivity contribution in [2.24, 2.45) is 0 Å². The molecule has 0 atom stereocenters. The average molecular weight is 340 g/mol. The van der Waals surface area contributed by atoms with Crippen LogP contribution in [0, 0.1) is 0 Å². The Bertz CT molecular complexity index is 652. The Kier molecular flexibility index (Phi) is 6.31. The van der Waals surface area contributed by atoms with Crippen LogP contribution in [0.5, 0.6) is 11.5 Å². The number of ether oxygens (including phenoxy) is 2. The number of methoxy groups -OCH3 is 1. The standard InChI is InChI=1S/C21H28N2O2/c1-3-22-11-13-23(14-12-22)16-19-9-10-20(21(15-19)24-2)25-17-18-7-5-4-6-8-18/h4-10,15H,3,11-14,16-17H2,1-2H3. The molecule has 2 aromatic rings. The third kappa shape index (κ3) is 4.97. The predicted molar refractivity (Wildman–Crippen MR) is 101 cm³/mol. The topological polar surface area (TPSA) is 24.9 Å². The molecule has 134 valence electrons. The minimum absolute atomic E-state index is 0.551. The van der Waals surface area contributed by atoms with Crippen molar-refractivity contribution >= 4 is 0 Å². The molecule has 0 aromatic heterocycles. The first-order valence-electron chi connectivity index (χ1n) is 9.07. The van der Waals surface area contributed by atoms with Gasteiger partial charge in [-0.3, -0.25) is 4.90 Å². The number of likely N-dealkylation sites (N-methyl/N-ethyl adjacent to an activating group) is 1. The van der Waals surface area contributed by atoms with Crippen molar-refractivity contribution in [2.45, 2.75) is 20.1 Å². The first-order valence-corrected chi connectivity index (χ1v) is 9.07. The van der Waals surface area contributed by atoms with Crippen LogP contribution in [0.2, 0.25) is 0 Å². The summed E-state index contributed by atoms with van der Waals surface area (Å²) in [6.07, 6.45) is 0. The van der Waals surface area contributed by atoms with Crippen LogP contribution >= 0.6 is 0 Å². The van der Waals surface area contributed by atoms with Gasteiger partial charge >= 0.3 is 0 Å². The molecule has 25 heavy (non-hydrogen) atoms. The van der Waals surface area contributed by atoms with Gasteiger partial charge in [-0.25, -0.2) is 0 Å². The Balaban J connectivity index is 1.59. The lowest BCUT2D eigenvalue weighted by Crippen LogP contribution is -2.45. The monoisotopic (exact) mass is 340 g/mol. The fourth-order valence-electron chi connectivity index (χ4n) is 3.19. The molecule has 1 heterocycles. The molecule has 0 spiro atoms. The van der Waals surface area contributed by atoms with E-state index in [9.17, 15) is 0 Å². The Morgan fingerprint density at radius 3 is 2.24 bits per heavy atom. The largest absolute Gasteiger partial charge is 0.493 e. The lowest BCUT2D eigenvalue weighted by atomic mass is 10.1. The van der Waals surface area contributed by atoms with Gasteiger partial charge in [0.2, 0.25) is 0 Å². The summed E-state index contributed by atoms with van der Waals surface area (Å²) in [5.74, 6) is 1.60. The highest BCUT2D eigenvalue weighted by Crippen LogP contribution is 2.29. The van der Waals surface area contributed by atoms with Gasteiger partial charge in [-0.1, -0.05) is 43.3 Å². The number of hydrogen-bond acceptors (Lipinski definition) is 4. The van der Waals surface area contributed by atoms with Crippen LogP contribution in [0.15, 0.2) is 48.5 Å². The highest BCUT2D eigenvalue weighted by atomic mass is 16.5. The molecule has 0 amide bonds. The maximum atomic E-state index is 5.94. The molecule has 0 aliphatic carbocycles. The minimum Gasteiger partial charge on any atom is -0.493 e. The lowest BCUT2D eigenvalue weighted by Gasteiger charge is -2.34. The fraction of sp³-hybridized carbons (Fsp3) is 0.429. The lowest BCUT2D eigenvalue weighted by molar-refractivity contribution is 0.132. The second-order valence-electron chi connectivity index (χ2n) is 6.47. The zero-order valence-electron chi connectivity index (χ0n) is 15.3. The zero-order chi connectivity index (χ0) is 17.5. The fourth-order valence-corrected chi connectivity index (χ4v) is 3.19. The molecular formula is C21H28N2O2. The van der Waals surface area contributed by atoms with Gasteiger partial charge in [0.15, 0.2) is 11.5 Å². The number of hydrogen-bond donors (Lipinski definition) is 0. The molecule has 0 saturated carbocycles. The summed E-state index contributed by atoms with van der Waals surface area (Å²) in [7, 11) is 1.70. The molecule has 1 saturated heterocycles. The summed E-state index contributed by atoms with van der Waals surface area (Å²) in [5.41, 5.74) is 2.43. The normalized spacial score (nSPS) is 15.9. The summed E-state index contributed by atoms with van der Waals surface area (Å²) < 4.78 is 11.5. The highest BCUT2D eigenvalue weighted by Gasteiger charge is 2.16. The zero-order valence-corrected chi connectivity index (χ0v) is 15.3. The quantitative estimate of drug-likeness (QED) is 0.771. The van der Waals surface area contributed by atoms with Crippen LogP contribution in [-0.4, -0.2) is 49.6 Å². The Morgan fingerprint density at radius 2 is 1.56 bits per heavy atom. The van der Waals surface area contributed by atoms with Crippen LogP contribution in [0.4, 0.5) is 0 Å². The van der Waals surface area contributed by atoms with E-state index < -0.39 is 0 Å². The van der Waals surface area contributed by atoms with Crippen LogP contribution in [0.3, 0.4) is 0 Å². The molecule has 1 fully saturated rings. The molecule has 4 heteroatoms. The Morgan fingerprint density at radius 1 is 0.840 bits per heavy atom. The van der Waals surface area contributed by atoms with Gasteiger partial charge in [0, 0.05) is 32.7 Å². The smallest absolute Gasteiger partial charge is 0.161 e. The summed E-state index contributed by atoms with van der Waals surface area (Å²) in [4.78, 5) is 5.00. The van der Waals surface area contributed by atoms with Gasteiger partial charge in [0.25, 0.3) is 0 Å². The molecule has 0 bridgehead atoms. The van der Waals surface area contributed by atoms with Crippen molar-refractivity contribution < 1.29 is 9.47 Å². The molecule has 0 unspecified atom stereocenters. The highest BCUT2D eigenvalue weighted by molar-refractivity contribution is 5.43. The third-order valence-electron chi connectivity index (χ3n) is 4.78. The second-order valence-corrected chi connectivity index (χ2v) is 6.47. The third-order valence-corrected chi connectivity index (χ3v) is 4.78. The van der Waals surface area contributed by atoms with Crippen LogP contribution < -0.4 is 9.47 Å². The number of nitrogens with zero attached hydrogens (tertiary/aromatic N) is 2. The minimum atomic E-state index is 0.551. The van der Waals surface area contributed by atoms with Gasteiger partial charge in [0.1, 0.15) is 6.61 Å². The first-order chi connectivity index (χ1) is 12.3. The Hall–Kier alpha value is -2.04. The summed E-state index contributed by atoms with van der Waals surface area (Å²) in [6, 6.07) is 16.5. The Labute approximate surface area is 151 Å². The number of benzene rings is 2. The maximum Gasteiger partial charge on any atom is 0.161 e. The molecule has 2 aromatic carbocycles. The molecule has 0 radical (unpaired) electrons. The van der Waals surface area contributed by atoms with Gasteiger partial charge in [-0.15, -0.1) is 0 Å². The summed E-state index contributed by atoms with van der Waals surface area (Å²) >= 11 is 0. The van der Waals surface area contributed by atoms with E-state index in [0.29, 0.717) is 6.61 Å². The molecule has 4 nitrogen and oxygen atoms in total. The summed E-state index contributed by atoms with van der Waals surface area (Å²) in [5, 5.41) is 0. The maximum absolute atomic E-state index is 5.94. The van der Waals surface area contributed by atoms with Crippen molar-refractivity contribution in [1.29, 1.82) is 0 Å². The van der Waals surface area contributed by atoms with Gasteiger partial charge in [-0.2, -0.15) is 0 Å². The van der Waals surface area contributed by atoms with E-state index in [0.717, 1.165) is 56.3 Å². The van der Waals surface area contributed by atoms with Gasteiger partial charge < -0.3 is 14.4 Å². The number of piperazine rings is 1. The van der Waals surface area contributed by atoms with Crippen molar-refractivity contribution in [3.05, 3.63) is 59.7 Å². The van der Waals surface area contributed by atoms with Crippen molar-refractivity contribution in [2.75, 3.05) is 39.8 Å². The second kappa shape index (κ2) is 8.88. The molecule has 0 N–H and O–H groups in total. The summed E-state index contributed by atoms with van der Waals surface area (Å²) in [6.45, 7) is 9.47. The van der Waals surface area contributed by atoms with Crippen LogP contribution in [0.1, 0.15) is 18.1 Å². The average Bonchev–Trinajstić information content (AvgIpc) is 2.68. The van der Waals surface area contributed by atoms with Crippen molar-refractivity contribution in [1.82, 2.24) is 9.80 Å². The molecule has 1 aliphatic rings. The molecule has 3 rings (SSSR count). The van der Waals surface area contributed by atoms with Crippen molar-refractivity contribution in [3.8, 4) is 11.5 Å². The number of rotatable bonds is 7. The van der Waals surface area contributed by atoms with E-state index in [1.54, 1.807) is 7.11 Å². The predicted octanol–water partition coefficient (Wildman–Crippen LogP) is 3.41. The van der Waals surface area contributed by atoms with E-state index in [1.807, 2.05) is 24.3 Å². The molecular weight excluding hydrogens is 312 g/mol. The SMILES string of the molecule is CCN1CCN(Cc2ccc(OCc3ccccc3)c(OC)c2)CC1. The van der Waals surface area contributed by atoms with E-state index in [-0.39, 0.29) is 0 Å². The first kappa shape index (κ1) is 17.8. The van der Waals surface area contributed by atoms with Gasteiger partial charge in [-0.05, 0) is 29.8 Å². The van der Waals surface area contributed by atoms with Crippen LogP contribution in [-0.2, 0) is 13.2 Å². The van der Waals surface area contributed by atoms with E-state index in [1.165, 1.54) is 5.56 Å². The van der Waals surface area contributed by atoms with E-state index in [2.05, 4.69) is 41.0 Å². The van der Waals surface area contributed by atoms with Gasteiger partial charge in [0.05, 0.1) is 7.11 Å². The molecule has 1 aliphatic heterocycles. The van der Waals surface area contributed by atoms with E-state index >= 15 is 0 Å². The van der Waals surface area contributed by atoms with Crippen molar-refractivity contribution in [3.63, 3.8) is 0 Å².